The summed E-state index contributed by atoms with van der Waals surface area (Å²) in [5.74, 6) is 0.642. The third-order valence-corrected chi connectivity index (χ3v) is 5.36. The number of nitrogens with one attached hydrogen (secondary N) is 2. The van der Waals surface area contributed by atoms with Gasteiger partial charge in [0, 0.05) is 12.2 Å². The van der Waals surface area contributed by atoms with Crippen molar-refractivity contribution in [1.29, 1.82) is 5.41 Å². The molecule has 2 N–H and O–H groups in total. The molecule has 2 aromatic carbocycles. The minimum atomic E-state index is -4.75. The van der Waals surface area contributed by atoms with Gasteiger partial charge in [0.15, 0.2) is 0 Å². The van der Waals surface area contributed by atoms with Crippen LogP contribution in [0.25, 0.3) is 5.70 Å². The lowest BCUT2D eigenvalue weighted by molar-refractivity contribution is -0.0583. The number of nitrogens with zero attached hydrogens (tertiary/aromatic N) is 1. The van der Waals surface area contributed by atoms with Gasteiger partial charge in [0.25, 0.3) is 0 Å². The van der Waals surface area contributed by atoms with Crippen LogP contribution in [0.3, 0.4) is 0 Å². The molecule has 1 saturated heterocycles. The van der Waals surface area contributed by atoms with Crippen molar-refractivity contribution in [3.05, 3.63) is 65.2 Å². The average molecular weight is 452 g/mol. The molecule has 166 valence electrons. The summed E-state index contributed by atoms with van der Waals surface area (Å²) in [6.45, 7) is 3.59. The van der Waals surface area contributed by atoms with Crippen molar-refractivity contribution < 1.29 is 17.9 Å². The Bertz CT molecular complexity index is 907. The standard InChI is InChI=1S/C23H25ClF3N3O/c24-19-6-2-3-7-20(19)29-21(16-22(28)23(25,26)27)17-8-10-18(11-9-17)31-15-14-30-12-4-1-5-13-30/h2-3,6-11,16,28-29H,1,4-5,12-15H2/b21-16-,28-22?. The van der Waals surface area contributed by atoms with Crippen molar-refractivity contribution in [2.75, 3.05) is 31.6 Å². The Morgan fingerprint density at radius 1 is 1.06 bits per heavy atom. The summed E-state index contributed by atoms with van der Waals surface area (Å²) < 4.78 is 44.7. The van der Waals surface area contributed by atoms with Crippen LogP contribution in [0.2, 0.25) is 5.02 Å². The smallest absolute Gasteiger partial charge is 0.432 e. The number of para-hydroxylation sites is 1. The molecule has 0 aliphatic carbocycles. The fourth-order valence-corrected chi connectivity index (χ4v) is 3.51. The molecule has 0 atom stereocenters. The second-order valence-corrected chi connectivity index (χ2v) is 7.76. The fourth-order valence-electron chi connectivity index (χ4n) is 3.33. The molecule has 4 nitrogen and oxygen atoms in total. The second kappa shape index (κ2) is 10.7. The van der Waals surface area contributed by atoms with E-state index >= 15 is 0 Å². The molecule has 0 bridgehead atoms. The first-order chi connectivity index (χ1) is 14.8. The zero-order chi connectivity index (χ0) is 22.3. The fraction of sp³-hybridized carbons (Fsp3) is 0.348. The van der Waals surface area contributed by atoms with Crippen LogP contribution < -0.4 is 10.1 Å². The van der Waals surface area contributed by atoms with Crippen molar-refractivity contribution in [3.63, 3.8) is 0 Å². The van der Waals surface area contributed by atoms with E-state index in [1.165, 1.54) is 19.3 Å². The first-order valence-corrected chi connectivity index (χ1v) is 10.6. The highest BCUT2D eigenvalue weighted by atomic mass is 35.5. The maximum atomic E-state index is 13.0. The van der Waals surface area contributed by atoms with Gasteiger partial charge in [0.1, 0.15) is 18.1 Å². The van der Waals surface area contributed by atoms with Crippen LogP contribution in [0.1, 0.15) is 24.8 Å². The van der Waals surface area contributed by atoms with E-state index in [-0.39, 0.29) is 5.70 Å². The van der Waals surface area contributed by atoms with E-state index in [1.807, 2.05) is 0 Å². The lowest BCUT2D eigenvalue weighted by Crippen LogP contribution is -2.33. The third-order valence-electron chi connectivity index (χ3n) is 5.03. The summed E-state index contributed by atoms with van der Waals surface area (Å²) >= 11 is 6.14. The van der Waals surface area contributed by atoms with Gasteiger partial charge in [-0.05, 0) is 74.0 Å². The van der Waals surface area contributed by atoms with Gasteiger partial charge in [-0.1, -0.05) is 30.2 Å². The number of halogens is 4. The number of piperidine rings is 1. The molecule has 2 aromatic rings. The van der Waals surface area contributed by atoms with Gasteiger partial charge < -0.3 is 10.1 Å². The number of benzene rings is 2. The molecule has 1 aliphatic rings. The first kappa shape index (κ1) is 23.2. The van der Waals surface area contributed by atoms with Crippen LogP contribution in [0.5, 0.6) is 5.75 Å². The SMILES string of the molecule is N=C(/C=C(\Nc1ccccc1Cl)c1ccc(OCCN2CCCCC2)cc1)C(F)(F)F. The van der Waals surface area contributed by atoms with Crippen LogP contribution in [0.15, 0.2) is 54.6 Å². The van der Waals surface area contributed by atoms with Gasteiger partial charge in [0.2, 0.25) is 0 Å². The summed E-state index contributed by atoms with van der Waals surface area (Å²) in [4.78, 5) is 2.37. The molecule has 0 saturated carbocycles. The van der Waals surface area contributed by atoms with E-state index in [0.717, 1.165) is 25.7 Å². The summed E-state index contributed by atoms with van der Waals surface area (Å²) in [6.07, 6.45) is -0.270. The molecule has 8 heteroatoms. The average Bonchev–Trinajstić information content (AvgIpc) is 2.75. The van der Waals surface area contributed by atoms with Crippen LogP contribution >= 0.6 is 11.6 Å². The van der Waals surface area contributed by atoms with E-state index in [1.54, 1.807) is 48.5 Å². The maximum absolute atomic E-state index is 13.0. The number of anilines is 1. The van der Waals surface area contributed by atoms with E-state index in [4.69, 9.17) is 21.7 Å². The lowest BCUT2D eigenvalue weighted by Gasteiger charge is -2.26. The number of hydrogen-bond acceptors (Lipinski definition) is 4. The Hall–Kier alpha value is -2.51. The number of likely N-dealkylation sites (tertiary alicyclic amines) is 1. The van der Waals surface area contributed by atoms with E-state index in [0.29, 0.717) is 28.6 Å². The molecule has 0 amide bonds. The molecule has 1 aliphatic heterocycles. The van der Waals surface area contributed by atoms with Crippen molar-refractivity contribution in [2.45, 2.75) is 25.4 Å². The van der Waals surface area contributed by atoms with Gasteiger partial charge in [0.05, 0.1) is 10.7 Å². The molecule has 1 heterocycles. The molecule has 0 aromatic heterocycles. The topological polar surface area (TPSA) is 48.4 Å². The first-order valence-electron chi connectivity index (χ1n) is 10.2. The van der Waals surface area contributed by atoms with Gasteiger partial charge >= 0.3 is 6.18 Å². The second-order valence-electron chi connectivity index (χ2n) is 7.35. The number of allylic oxidation sites excluding steroid dienone is 1. The quantitative estimate of drug-likeness (QED) is 0.467. The molecule has 31 heavy (non-hydrogen) atoms. The number of hydrogen-bond donors (Lipinski definition) is 2. The van der Waals surface area contributed by atoms with E-state index < -0.39 is 11.9 Å². The largest absolute Gasteiger partial charge is 0.492 e. The molecule has 3 rings (SSSR count). The molecular formula is C23H25ClF3N3O. The molecule has 0 radical (unpaired) electrons. The minimum absolute atomic E-state index is 0.121. The van der Waals surface area contributed by atoms with E-state index in [9.17, 15) is 13.2 Å². The van der Waals surface area contributed by atoms with Gasteiger partial charge in [-0.15, -0.1) is 0 Å². The summed E-state index contributed by atoms with van der Waals surface area (Å²) in [7, 11) is 0. The third kappa shape index (κ3) is 7.01. The molecule has 0 unspecified atom stereocenters. The normalized spacial score (nSPS) is 15.5. The maximum Gasteiger partial charge on any atom is 0.432 e. The highest BCUT2D eigenvalue weighted by molar-refractivity contribution is 6.33. The highest BCUT2D eigenvalue weighted by Gasteiger charge is 2.33. The summed E-state index contributed by atoms with van der Waals surface area (Å²) in [5, 5.41) is 10.6. The van der Waals surface area contributed by atoms with Crippen molar-refractivity contribution in [2.24, 2.45) is 0 Å². The molecule has 0 spiro atoms. The van der Waals surface area contributed by atoms with Crippen LogP contribution in [-0.2, 0) is 0 Å². The summed E-state index contributed by atoms with van der Waals surface area (Å²) in [6, 6.07) is 13.5. The van der Waals surface area contributed by atoms with Crippen LogP contribution in [0.4, 0.5) is 18.9 Å². The Balaban J connectivity index is 1.71. The predicted octanol–water partition coefficient (Wildman–Crippen LogP) is 6.24. The Labute approximate surface area is 185 Å². The van der Waals surface area contributed by atoms with Crippen LogP contribution in [-0.4, -0.2) is 43.0 Å². The van der Waals surface area contributed by atoms with Gasteiger partial charge in [-0.3, -0.25) is 10.3 Å². The zero-order valence-electron chi connectivity index (χ0n) is 17.0. The molecule has 1 fully saturated rings. The highest BCUT2D eigenvalue weighted by Crippen LogP contribution is 2.28. The Kier molecular flexibility index (Phi) is 7.98. The summed E-state index contributed by atoms with van der Waals surface area (Å²) in [5.41, 5.74) is -0.399. The number of rotatable bonds is 8. The van der Waals surface area contributed by atoms with E-state index in [2.05, 4.69) is 10.2 Å². The predicted molar refractivity (Wildman–Crippen MR) is 119 cm³/mol. The van der Waals surface area contributed by atoms with Crippen LogP contribution in [0, 0.1) is 5.41 Å². The zero-order valence-corrected chi connectivity index (χ0v) is 17.8. The Morgan fingerprint density at radius 2 is 1.74 bits per heavy atom. The number of ether oxygens (including phenoxy) is 1. The monoisotopic (exact) mass is 451 g/mol. The minimum Gasteiger partial charge on any atom is -0.492 e. The van der Waals surface area contributed by atoms with Crippen molar-refractivity contribution in [1.82, 2.24) is 4.90 Å². The van der Waals surface area contributed by atoms with Gasteiger partial charge in [-0.25, -0.2) is 0 Å². The van der Waals surface area contributed by atoms with Crippen molar-refractivity contribution >= 4 is 28.7 Å². The van der Waals surface area contributed by atoms with Gasteiger partial charge in [-0.2, -0.15) is 13.2 Å². The lowest BCUT2D eigenvalue weighted by atomic mass is 10.1. The molecular weight excluding hydrogens is 427 g/mol. The van der Waals surface area contributed by atoms with Crippen molar-refractivity contribution in [3.8, 4) is 5.75 Å². The Morgan fingerprint density at radius 3 is 2.39 bits per heavy atom. The number of alkyl halides is 3.